The van der Waals surface area contributed by atoms with Gasteiger partial charge < -0.3 is 15.4 Å². The number of hydrogen-bond donors (Lipinski definition) is 2. The number of carbonyl (C=O) groups excluding carboxylic acids is 2. The normalized spacial score (nSPS) is 14.4. The summed E-state index contributed by atoms with van der Waals surface area (Å²) in [7, 11) is 0. The lowest BCUT2D eigenvalue weighted by Gasteiger charge is -2.11. The van der Waals surface area contributed by atoms with Crippen LogP contribution < -0.4 is 15.4 Å². The van der Waals surface area contributed by atoms with Crippen LogP contribution in [0.25, 0.3) is 0 Å². The lowest BCUT2D eigenvalue weighted by atomic mass is 10.1. The highest BCUT2D eigenvalue weighted by Gasteiger charge is 2.21. The summed E-state index contributed by atoms with van der Waals surface area (Å²) >= 11 is 5.80. The van der Waals surface area contributed by atoms with Crippen LogP contribution >= 0.6 is 11.6 Å². The Kier molecular flexibility index (Phi) is 7.89. The third-order valence-electron chi connectivity index (χ3n) is 4.10. The monoisotopic (exact) mass is 352 g/mol. The third kappa shape index (κ3) is 6.79. The first-order valence-electron chi connectivity index (χ1n) is 8.58. The highest BCUT2D eigenvalue weighted by atomic mass is 35.5. The average Bonchev–Trinajstić information content (AvgIpc) is 3.12. The molecule has 0 saturated heterocycles. The van der Waals surface area contributed by atoms with Crippen LogP contribution in [-0.4, -0.2) is 31.5 Å². The Labute approximate surface area is 148 Å². The van der Waals surface area contributed by atoms with Crippen LogP contribution in [0.3, 0.4) is 0 Å². The maximum Gasteiger partial charge on any atom is 0.223 e. The second kappa shape index (κ2) is 10.2. The van der Waals surface area contributed by atoms with Crippen LogP contribution in [-0.2, 0) is 9.59 Å². The molecule has 1 aliphatic carbocycles. The van der Waals surface area contributed by atoms with E-state index in [2.05, 4.69) is 10.6 Å². The van der Waals surface area contributed by atoms with Crippen molar-refractivity contribution in [2.24, 2.45) is 5.92 Å². The quantitative estimate of drug-likeness (QED) is 0.671. The molecule has 1 fully saturated rings. The fourth-order valence-electron chi connectivity index (χ4n) is 2.76. The molecule has 1 aromatic carbocycles. The summed E-state index contributed by atoms with van der Waals surface area (Å²) < 4.78 is 5.53. The second-order valence-corrected chi connectivity index (χ2v) is 6.46. The molecule has 1 aliphatic rings. The number of carbonyl (C=O) groups is 2. The van der Waals surface area contributed by atoms with Gasteiger partial charge >= 0.3 is 0 Å². The van der Waals surface area contributed by atoms with Gasteiger partial charge in [0.25, 0.3) is 0 Å². The van der Waals surface area contributed by atoms with Gasteiger partial charge in [0.15, 0.2) is 0 Å². The molecule has 2 rings (SSSR count). The van der Waals surface area contributed by atoms with E-state index in [9.17, 15) is 9.59 Å². The molecule has 0 aromatic heterocycles. The summed E-state index contributed by atoms with van der Waals surface area (Å²) in [4.78, 5) is 23.5. The average molecular weight is 353 g/mol. The molecule has 1 saturated carbocycles. The van der Waals surface area contributed by atoms with Crippen LogP contribution in [0.4, 0.5) is 0 Å². The summed E-state index contributed by atoms with van der Waals surface area (Å²) in [6, 6.07) is 7.14. The second-order valence-electron chi connectivity index (χ2n) is 6.03. The Morgan fingerprint density at radius 3 is 2.46 bits per heavy atom. The first-order valence-corrected chi connectivity index (χ1v) is 8.96. The Balaban J connectivity index is 1.47. The van der Waals surface area contributed by atoms with E-state index in [1.165, 1.54) is 0 Å². The number of ether oxygens (including phenoxy) is 1. The number of benzene rings is 1. The van der Waals surface area contributed by atoms with E-state index >= 15 is 0 Å². The van der Waals surface area contributed by atoms with Crippen molar-refractivity contribution >= 4 is 23.4 Å². The number of nitrogens with one attached hydrogen (secondary N) is 2. The highest BCUT2D eigenvalue weighted by Crippen LogP contribution is 2.24. The molecule has 0 bridgehead atoms. The van der Waals surface area contributed by atoms with Gasteiger partial charge in [0.1, 0.15) is 5.75 Å². The zero-order chi connectivity index (χ0) is 17.2. The van der Waals surface area contributed by atoms with Gasteiger partial charge in [-0.05, 0) is 43.5 Å². The standard InChI is InChI=1S/C18H25ClN2O3/c19-15-7-9-16(10-8-15)24-13-3-6-17(22)20-11-12-21-18(23)14-4-1-2-5-14/h7-10,14H,1-6,11-13H2,(H,20,22)(H,21,23). The third-order valence-corrected chi connectivity index (χ3v) is 4.35. The van der Waals surface area contributed by atoms with Crippen molar-refractivity contribution < 1.29 is 14.3 Å². The zero-order valence-corrected chi connectivity index (χ0v) is 14.6. The highest BCUT2D eigenvalue weighted by molar-refractivity contribution is 6.30. The van der Waals surface area contributed by atoms with Crippen molar-refractivity contribution in [1.82, 2.24) is 10.6 Å². The Bertz CT molecular complexity index is 528. The molecule has 0 spiro atoms. The Morgan fingerprint density at radius 2 is 1.75 bits per heavy atom. The number of halogens is 1. The number of rotatable bonds is 9. The lowest BCUT2D eigenvalue weighted by Crippen LogP contribution is -2.37. The fraction of sp³-hybridized carbons (Fsp3) is 0.556. The summed E-state index contributed by atoms with van der Waals surface area (Å²) in [6.07, 6.45) is 5.32. The van der Waals surface area contributed by atoms with Gasteiger partial charge in [0, 0.05) is 30.5 Å². The van der Waals surface area contributed by atoms with Crippen molar-refractivity contribution in [3.63, 3.8) is 0 Å². The van der Waals surface area contributed by atoms with Gasteiger partial charge in [-0.25, -0.2) is 0 Å². The van der Waals surface area contributed by atoms with Crippen molar-refractivity contribution in [1.29, 1.82) is 0 Å². The number of hydrogen-bond acceptors (Lipinski definition) is 3. The van der Waals surface area contributed by atoms with E-state index in [4.69, 9.17) is 16.3 Å². The van der Waals surface area contributed by atoms with Gasteiger partial charge in [0.05, 0.1) is 6.61 Å². The van der Waals surface area contributed by atoms with E-state index in [-0.39, 0.29) is 17.7 Å². The van der Waals surface area contributed by atoms with Gasteiger partial charge in [-0.1, -0.05) is 24.4 Å². The molecule has 0 heterocycles. The Hall–Kier alpha value is -1.75. The number of amides is 2. The largest absolute Gasteiger partial charge is 0.494 e. The molecule has 0 aliphatic heterocycles. The fourth-order valence-corrected chi connectivity index (χ4v) is 2.89. The summed E-state index contributed by atoms with van der Waals surface area (Å²) in [5.41, 5.74) is 0. The molecule has 0 atom stereocenters. The minimum atomic E-state index is -0.0233. The molecule has 0 radical (unpaired) electrons. The predicted octanol–water partition coefficient (Wildman–Crippen LogP) is 2.92. The maximum absolute atomic E-state index is 11.8. The first kappa shape index (κ1) is 18.6. The molecule has 5 nitrogen and oxygen atoms in total. The van der Waals surface area contributed by atoms with E-state index in [1.807, 2.05) is 0 Å². The van der Waals surface area contributed by atoms with Crippen molar-refractivity contribution in [2.45, 2.75) is 38.5 Å². The van der Waals surface area contributed by atoms with Gasteiger partial charge in [-0.2, -0.15) is 0 Å². The maximum atomic E-state index is 11.8. The lowest BCUT2D eigenvalue weighted by molar-refractivity contribution is -0.125. The van der Waals surface area contributed by atoms with Gasteiger partial charge in [-0.15, -0.1) is 0 Å². The van der Waals surface area contributed by atoms with Crippen LogP contribution in [0.2, 0.25) is 5.02 Å². The first-order chi connectivity index (χ1) is 11.6. The van der Waals surface area contributed by atoms with Crippen LogP contribution in [0.1, 0.15) is 38.5 Å². The minimum Gasteiger partial charge on any atom is -0.494 e. The summed E-state index contributed by atoms with van der Waals surface area (Å²) in [5, 5.41) is 6.36. The summed E-state index contributed by atoms with van der Waals surface area (Å²) in [5.74, 6) is 1.02. The predicted molar refractivity (Wildman–Crippen MR) is 94.2 cm³/mol. The molecular weight excluding hydrogens is 328 g/mol. The van der Waals surface area contributed by atoms with Crippen LogP contribution in [0, 0.1) is 5.92 Å². The van der Waals surface area contributed by atoms with Gasteiger partial charge in [-0.3, -0.25) is 9.59 Å². The molecule has 1 aromatic rings. The van der Waals surface area contributed by atoms with E-state index in [0.29, 0.717) is 37.6 Å². The summed E-state index contributed by atoms with van der Waals surface area (Å²) in [6.45, 7) is 1.44. The molecule has 0 unspecified atom stereocenters. The van der Waals surface area contributed by atoms with Crippen molar-refractivity contribution in [3.8, 4) is 5.75 Å². The molecule has 132 valence electrons. The van der Waals surface area contributed by atoms with Crippen molar-refractivity contribution in [2.75, 3.05) is 19.7 Å². The topological polar surface area (TPSA) is 67.4 Å². The van der Waals surface area contributed by atoms with Crippen LogP contribution in [0.15, 0.2) is 24.3 Å². The molecule has 2 amide bonds. The van der Waals surface area contributed by atoms with Gasteiger partial charge in [0.2, 0.25) is 11.8 Å². The zero-order valence-electron chi connectivity index (χ0n) is 13.9. The molecular formula is C18H25ClN2O3. The van der Waals surface area contributed by atoms with E-state index in [1.54, 1.807) is 24.3 Å². The smallest absolute Gasteiger partial charge is 0.223 e. The molecule has 6 heteroatoms. The van der Waals surface area contributed by atoms with E-state index in [0.717, 1.165) is 31.4 Å². The minimum absolute atomic E-state index is 0.0233. The Morgan fingerprint density at radius 1 is 1.08 bits per heavy atom. The molecule has 24 heavy (non-hydrogen) atoms. The van der Waals surface area contributed by atoms with Crippen molar-refractivity contribution in [3.05, 3.63) is 29.3 Å². The van der Waals surface area contributed by atoms with E-state index < -0.39 is 0 Å². The van der Waals surface area contributed by atoms with Crippen LogP contribution in [0.5, 0.6) is 5.75 Å². The molecule has 2 N–H and O–H groups in total. The SMILES string of the molecule is O=C(CCCOc1ccc(Cl)cc1)NCCNC(=O)C1CCCC1.